The molecule has 2 aromatic rings. The van der Waals surface area contributed by atoms with Crippen molar-refractivity contribution in [1.82, 2.24) is 16.1 Å². The third-order valence-electron chi connectivity index (χ3n) is 3.04. The molecule has 0 radical (unpaired) electrons. The molecular weight excluding hydrogens is 366 g/mol. The molecule has 8 nitrogen and oxygen atoms in total. The molecule has 0 aliphatic heterocycles. The summed E-state index contributed by atoms with van der Waals surface area (Å²) in [5.41, 5.74) is 13.1. The topological polar surface area (TPSA) is 141 Å². The van der Waals surface area contributed by atoms with Crippen molar-refractivity contribution in [3.05, 3.63) is 29.5 Å². The van der Waals surface area contributed by atoms with Crippen LogP contribution in [0.3, 0.4) is 0 Å². The van der Waals surface area contributed by atoms with Crippen LogP contribution in [0, 0.1) is 0 Å². The van der Waals surface area contributed by atoms with E-state index in [2.05, 4.69) is 9.97 Å². The van der Waals surface area contributed by atoms with Gasteiger partial charge in [0, 0.05) is 18.2 Å². The number of hydrogen-bond donors (Lipinski definition) is 3. The van der Waals surface area contributed by atoms with Crippen LogP contribution in [-0.4, -0.2) is 31.3 Å². The fourth-order valence-electron chi connectivity index (χ4n) is 2.03. The molecule has 1 aromatic heterocycles. The molecule has 0 aliphatic rings. The Morgan fingerprint density at radius 3 is 2.00 bits per heavy atom. The van der Waals surface area contributed by atoms with Crippen LogP contribution in [0.1, 0.15) is 11.1 Å². The predicted molar refractivity (Wildman–Crippen MR) is 95.1 cm³/mol. The monoisotopic (exact) mass is 387 g/mol. The normalized spacial score (nSPS) is 9.35. The van der Waals surface area contributed by atoms with Gasteiger partial charge >= 0.3 is 0 Å². The van der Waals surface area contributed by atoms with E-state index in [1.807, 2.05) is 12.1 Å². The molecule has 9 heteroatoms. The number of halogens is 1. The molecule has 0 atom stereocenters. The number of nitrogen functional groups attached to an aromatic ring is 2. The molecule has 0 fully saturated rings. The molecule has 1 aromatic carbocycles. The zero-order valence-corrected chi connectivity index (χ0v) is 15.0. The Hall–Kier alpha value is -2.26. The van der Waals surface area contributed by atoms with Crippen molar-refractivity contribution in [2.45, 2.75) is 6.42 Å². The average molecular weight is 388 g/mol. The van der Waals surface area contributed by atoms with Crippen molar-refractivity contribution >= 4 is 28.7 Å². The van der Waals surface area contributed by atoms with E-state index in [0.717, 1.165) is 11.1 Å². The SMILES string of the molecule is Br.COc1cc(Cc2cnc(N)nc2N)cc(OC)c1OC.N. The van der Waals surface area contributed by atoms with Crippen molar-refractivity contribution in [3.63, 3.8) is 0 Å². The maximum atomic E-state index is 5.85. The molecular formula is C14H22BrN5O3. The number of benzene rings is 1. The lowest BCUT2D eigenvalue weighted by Crippen LogP contribution is -2.04. The van der Waals surface area contributed by atoms with Crippen LogP contribution in [0.15, 0.2) is 18.3 Å². The van der Waals surface area contributed by atoms with Gasteiger partial charge in [0.2, 0.25) is 11.7 Å². The van der Waals surface area contributed by atoms with E-state index in [9.17, 15) is 0 Å². The van der Waals surface area contributed by atoms with E-state index >= 15 is 0 Å². The number of nitrogens with two attached hydrogens (primary N) is 2. The fraction of sp³-hybridized carbons (Fsp3) is 0.286. The summed E-state index contributed by atoms with van der Waals surface area (Å²) < 4.78 is 15.9. The standard InChI is InChI=1S/C14H18N4O3.BrH.H3N/c1-19-10-5-8(6-11(20-2)12(10)21-3)4-9-7-17-14(16)18-13(9)15;;/h5-7H,4H2,1-3H3,(H4,15,16,17,18);1H;1H3. The summed E-state index contributed by atoms with van der Waals surface area (Å²) in [7, 11) is 4.70. The van der Waals surface area contributed by atoms with Crippen LogP contribution >= 0.6 is 17.0 Å². The first-order chi connectivity index (χ1) is 10.1. The van der Waals surface area contributed by atoms with E-state index in [1.54, 1.807) is 27.5 Å². The molecule has 128 valence electrons. The molecule has 2 rings (SSSR count). The second-order valence-corrected chi connectivity index (χ2v) is 4.35. The number of anilines is 2. The average Bonchev–Trinajstić information content (AvgIpc) is 2.49. The molecule has 0 unspecified atom stereocenters. The van der Waals surface area contributed by atoms with Gasteiger partial charge in [-0.25, -0.2) is 4.98 Å². The first-order valence-corrected chi connectivity index (χ1v) is 6.24. The van der Waals surface area contributed by atoms with Gasteiger partial charge in [0.05, 0.1) is 21.3 Å². The number of rotatable bonds is 5. The van der Waals surface area contributed by atoms with E-state index in [4.69, 9.17) is 25.7 Å². The minimum atomic E-state index is 0. The van der Waals surface area contributed by atoms with Crippen LogP contribution < -0.4 is 31.8 Å². The van der Waals surface area contributed by atoms with Gasteiger partial charge in [0.1, 0.15) is 5.82 Å². The van der Waals surface area contributed by atoms with Gasteiger partial charge in [-0.3, -0.25) is 0 Å². The Morgan fingerprint density at radius 2 is 1.57 bits per heavy atom. The van der Waals surface area contributed by atoms with Gasteiger partial charge in [-0.15, -0.1) is 17.0 Å². The summed E-state index contributed by atoms with van der Waals surface area (Å²) >= 11 is 0. The Balaban J connectivity index is 0.00000242. The second kappa shape index (κ2) is 9.01. The molecule has 1 heterocycles. The highest BCUT2D eigenvalue weighted by atomic mass is 79.9. The molecule has 0 aliphatic carbocycles. The number of aromatic nitrogens is 2. The lowest BCUT2D eigenvalue weighted by Gasteiger charge is -2.14. The zero-order valence-electron chi connectivity index (χ0n) is 13.3. The lowest BCUT2D eigenvalue weighted by molar-refractivity contribution is 0.324. The van der Waals surface area contributed by atoms with Gasteiger partial charge in [-0.2, -0.15) is 4.98 Å². The number of methoxy groups -OCH3 is 3. The molecule has 0 spiro atoms. The zero-order chi connectivity index (χ0) is 15.4. The molecule has 23 heavy (non-hydrogen) atoms. The predicted octanol–water partition coefficient (Wildman–Crippen LogP) is 2.00. The third-order valence-corrected chi connectivity index (χ3v) is 3.04. The van der Waals surface area contributed by atoms with E-state index in [1.165, 1.54) is 0 Å². The number of ether oxygens (including phenoxy) is 3. The minimum Gasteiger partial charge on any atom is -0.493 e. The van der Waals surface area contributed by atoms with Gasteiger partial charge < -0.3 is 31.8 Å². The maximum Gasteiger partial charge on any atom is 0.221 e. The van der Waals surface area contributed by atoms with Crippen molar-refractivity contribution in [2.75, 3.05) is 32.8 Å². The van der Waals surface area contributed by atoms with Crippen molar-refractivity contribution < 1.29 is 14.2 Å². The summed E-state index contributed by atoms with van der Waals surface area (Å²) in [6, 6.07) is 3.72. The molecule has 0 saturated heterocycles. The second-order valence-electron chi connectivity index (χ2n) is 4.35. The summed E-state index contributed by atoms with van der Waals surface area (Å²) in [6.07, 6.45) is 2.14. The quantitative estimate of drug-likeness (QED) is 0.706. The van der Waals surface area contributed by atoms with Crippen LogP contribution in [0.25, 0.3) is 0 Å². The van der Waals surface area contributed by atoms with Crippen LogP contribution in [-0.2, 0) is 6.42 Å². The van der Waals surface area contributed by atoms with Crippen molar-refractivity contribution in [3.8, 4) is 17.2 Å². The van der Waals surface area contributed by atoms with E-state index in [0.29, 0.717) is 29.5 Å². The molecule has 0 amide bonds. The maximum absolute atomic E-state index is 5.85. The summed E-state index contributed by atoms with van der Waals surface area (Å²) in [5, 5.41) is 0. The fourth-order valence-corrected chi connectivity index (χ4v) is 2.03. The molecule has 0 bridgehead atoms. The summed E-state index contributed by atoms with van der Waals surface area (Å²) in [4.78, 5) is 7.90. The Kier molecular flexibility index (Phi) is 8.12. The first kappa shape index (κ1) is 20.7. The first-order valence-electron chi connectivity index (χ1n) is 6.24. The highest BCUT2D eigenvalue weighted by Crippen LogP contribution is 2.38. The van der Waals surface area contributed by atoms with Gasteiger partial charge in [0.15, 0.2) is 11.5 Å². The molecule has 0 saturated carbocycles. The largest absolute Gasteiger partial charge is 0.493 e. The number of nitrogens with zero attached hydrogens (tertiary/aromatic N) is 2. The smallest absolute Gasteiger partial charge is 0.221 e. The van der Waals surface area contributed by atoms with E-state index < -0.39 is 0 Å². The van der Waals surface area contributed by atoms with Crippen molar-refractivity contribution in [1.29, 1.82) is 0 Å². The molecule has 7 N–H and O–H groups in total. The van der Waals surface area contributed by atoms with Crippen LogP contribution in [0.4, 0.5) is 11.8 Å². The van der Waals surface area contributed by atoms with Crippen LogP contribution in [0.5, 0.6) is 17.2 Å². The minimum absolute atomic E-state index is 0. The summed E-state index contributed by atoms with van der Waals surface area (Å²) in [5.74, 6) is 2.23. The Morgan fingerprint density at radius 1 is 1.00 bits per heavy atom. The third kappa shape index (κ3) is 4.60. The van der Waals surface area contributed by atoms with Crippen molar-refractivity contribution in [2.24, 2.45) is 0 Å². The van der Waals surface area contributed by atoms with Crippen LogP contribution in [0.2, 0.25) is 0 Å². The lowest BCUT2D eigenvalue weighted by atomic mass is 10.1. The number of hydrogen-bond acceptors (Lipinski definition) is 8. The summed E-state index contributed by atoms with van der Waals surface area (Å²) in [6.45, 7) is 0. The Bertz CT molecular complexity index is 629. The highest BCUT2D eigenvalue weighted by molar-refractivity contribution is 8.93. The van der Waals surface area contributed by atoms with Gasteiger partial charge in [-0.05, 0) is 17.7 Å². The van der Waals surface area contributed by atoms with Gasteiger partial charge in [-0.1, -0.05) is 0 Å². The highest BCUT2D eigenvalue weighted by Gasteiger charge is 2.14. The van der Waals surface area contributed by atoms with E-state index in [-0.39, 0.29) is 29.1 Å². The van der Waals surface area contributed by atoms with Gasteiger partial charge in [0.25, 0.3) is 0 Å². The Labute approximate surface area is 145 Å².